The SMILES string of the molecule is CCOC1CC(CC(Cl)c2ccc3c(c2)CC(C)O3)C1. The van der Waals surface area contributed by atoms with Crippen LogP contribution in [-0.2, 0) is 11.2 Å². The third kappa shape index (κ3) is 2.96. The van der Waals surface area contributed by atoms with Gasteiger partial charge in [-0.3, -0.25) is 0 Å². The standard InChI is InChI=1S/C17H23ClO2/c1-3-19-15-7-12(8-15)9-16(18)13-4-5-17-14(10-13)6-11(2)20-17/h4-5,10-12,15-16H,3,6-9H2,1-2H3. The minimum atomic E-state index is 0.115. The molecule has 0 aromatic heterocycles. The number of hydrogen-bond acceptors (Lipinski definition) is 2. The maximum absolute atomic E-state index is 6.59. The van der Waals surface area contributed by atoms with E-state index in [1.165, 1.54) is 24.0 Å². The van der Waals surface area contributed by atoms with Crippen molar-refractivity contribution in [2.24, 2.45) is 5.92 Å². The van der Waals surface area contributed by atoms with Crippen LogP contribution in [0, 0.1) is 5.92 Å². The van der Waals surface area contributed by atoms with Gasteiger partial charge in [-0.2, -0.15) is 0 Å². The molecule has 0 radical (unpaired) electrons. The first-order chi connectivity index (χ1) is 9.65. The van der Waals surface area contributed by atoms with E-state index < -0.39 is 0 Å². The van der Waals surface area contributed by atoms with Crippen molar-refractivity contribution in [2.75, 3.05) is 6.61 Å². The van der Waals surface area contributed by atoms with Crippen LogP contribution in [0.4, 0.5) is 0 Å². The van der Waals surface area contributed by atoms with Crippen molar-refractivity contribution in [3.63, 3.8) is 0 Å². The molecule has 2 nitrogen and oxygen atoms in total. The van der Waals surface area contributed by atoms with E-state index in [4.69, 9.17) is 21.1 Å². The summed E-state index contributed by atoms with van der Waals surface area (Å²) >= 11 is 6.59. The summed E-state index contributed by atoms with van der Waals surface area (Å²) in [5.74, 6) is 1.75. The molecule has 1 fully saturated rings. The fraction of sp³-hybridized carbons (Fsp3) is 0.647. The number of ether oxygens (including phenoxy) is 2. The Hall–Kier alpha value is -0.730. The van der Waals surface area contributed by atoms with Gasteiger partial charge in [0.05, 0.1) is 11.5 Å². The van der Waals surface area contributed by atoms with Gasteiger partial charge in [0.15, 0.2) is 0 Å². The molecule has 1 heterocycles. The lowest BCUT2D eigenvalue weighted by Crippen LogP contribution is -2.31. The van der Waals surface area contributed by atoms with Crippen molar-refractivity contribution in [3.05, 3.63) is 29.3 Å². The summed E-state index contributed by atoms with van der Waals surface area (Å²) < 4.78 is 11.3. The Balaban J connectivity index is 1.56. The molecule has 3 rings (SSSR count). The Bertz CT molecular complexity index is 468. The first-order valence-corrected chi connectivity index (χ1v) is 8.14. The van der Waals surface area contributed by atoms with Gasteiger partial charge in [-0.25, -0.2) is 0 Å². The average Bonchev–Trinajstić information content (AvgIpc) is 2.75. The van der Waals surface area contributed by atoms with Crippen LogP contribution in [0.1, 0.15) is 49.6 Å². The Morgan fingerprint density at radius 3 is 2.95 bits per heavy atom. The van der Waals surface area contributed by atoms with E-state index in [9.17, 15) is 0 Å². The first kappa shape index (κ1) is 14.2. The van der Waals surface area contributed by atoms with Crippen LogP contribution in [0.2, 0.25) is 0 Å². The van der Waals surface area contributed by atoms with Gasteiger partial charge in [-0.05, 0) is 56.2 Å². The molecule has 3 heteroatoms. The molecule has 2 unspecified atom stereocenters. The van der Waals surface area contributed by atoms with Crippen LogP contribution < -0.4 is 4.74 Å². The van der Waals surface area contributed by atoms with Crippen molar-refractivity contribution in [3.8, 4) is 5.75 Å². The molecule has 20 heavy (non-hydrogen) atoms. The number of halogens is 1. The van der Waals surface area contributed by atoms with Gasteiger partial charge in [0.25, 0.3) is 0 Å². The smallest absolute Gasteiger partial charge is 0.123 e. The molecule has 1 aliphatic carbocycles. The molecule has 1 aliphatic heterocycles. The van der Waals surface area contributed by atoms with E-state index in [1.807, 2.05) is 0 Å². The van der Waals surface area contributed by atoms with Crippen molar-refractivity contribution < 1.29 is 9.47 Å². The highest BCUT2D eigenvalue weighted by Gasteiger charge is 2.31. The van der Waals surface area contributed by atoms with Gasteiger partial charge in [0.2, 0.25) is 0 Å². The molecular weight excluding hydrogens is 272 g/mol. The molecule has 1 saturated carbocycles. The van der Waals surface area contributed by atoms with E-state index >= 15 is 0 Å². The van der Waals surface area contributed by atoms with Crippen LogP contribution >= 0.6 is 11.6 Å². The largest absolute Gasteiger partial charge is 0.490 e. The van der Waals surface area contributed by atoms with Crippen LogP contribution in [0.15, 0.2) is 18.2 Å². The van der Waals surface area contributed by atoms with E-state index in [-0.39, 0.29) is 5.38 Å². The minimum Gasteiger partial charge on any atom is -0.490 e. The topological polar surface area (TPSA) is 18.5 Å². The molecular formula is C17H23ClO2. The van der Waals surface area contributed by atoms with E-state index in [0.717, 1.165) is 31.1 Å². The molecule has 1 aromatic rings. The van der Waals surface area contributed by atoms with Gasteiger partial charge >= 0.3 is 0 Å². The Kier molecular flexibility index (Phi) is 4.23. The lowest BCUT2D eigenvalue weighted by Gasteiger charge is -2.36. The van der Waals surface area contributed by atoms with Crippen LogP contribution in [0.3, 0.4) is 0 Å². The zero-order valence-electron chi connectivity index (χ0n) is 12.3. The molecule has 0 bridgehead atoms. The second-order valence-electron chi connectivity index (χ2n) is 6.12. The number of benzene rings is 1. The number of alkyl halides is 1. The molecule has 0 saturated heterocycles. The predicted molar refractivity (Wildman–Crippen MR) is 81.6 cm³/mol. The molecule has 0 spiro atoms. The maximum Gasteiger partial charge on any atom is 0.123 e. The number of rotatable bonds is 5. The quantitative estimate of drug-likeness (QED) is 0.745. The zero-order valence-corrected chi connectivity index (χ0v) is 13.0. The number of hydrogen-bond donors (Lipinski definition) is 0. The van der Waals surface area contributed by atoms with E-state index in [1.54, 1.807) is 0 Å². The van der Waals surface area contributed by atoms with Gasteiger partial charge in [0.1, 0.15) is 11.9 Å². The fourth-order valence-electron chi connectivity index (χ4n) is 3.30. The van der Waals surface area contributed by atoms with Crippen LogP contribution in [0.5, 0.6) is 5.75 Å². The molecule has 2 atom stereocenters. The maximum atomic E-state index is 6.59. The normalized spacial score (nSPS) is 29.4. The van der Waals surface area contributed by atoms with Crippen LogP contribution in [-0.4, -0.2) is 18.8 Å². The van der Waals surface area contributed by atoms with Crippen molar-refractivity contribution >= 4 is 11.6 Å². The molecule has 1 aromatic carbocycles. The first-order valence-electron chi connectivity index (χ1n) is 7.70. The summed E-state index contributed by atoms with van der Waals surface area (Å²) in [5, 5.41) is 0.115. The summed E-state index contributed by atoms with van der Waals surface area (Å²) in [6, 6.07) is 6.43. The van der Waals surface area contributed by atoms with Crippen molar-refractivity contribution in [1.29, 1.82) is 0 Å². The highest BCUT2D eigenvalue weighted by molar-refractivity contribution is 6.20. The number of fused-ring (bicyclic) bond motifs is 1. The average molecular weight is 295 g/mol. The van der Waals surface area contributed by atoms with E-state index in [0.29, 0.717) is 12.2 Å². The summed E-state index contributed by atoms with van der Waals surface area (Å²) in [4.78, 5) is 0. The minimum absolute atomic E-state index is 0.115. The zero-order chi connectivity index (χ0) is 14.1. The lowest BCUT2D eigenvalue weighted by molar-refractivity contribution is -0.0267. The summed E-state index contributed by atoms with van der Waals surface area (Å²) in [6.07, 6.45) is 5.17. The fourth-order valence-corrected chi connectivity index (χ4v) is 3.69. The Morgan fingerprint density at radius 1 is 1.40 bits per heavy atom. The summed E-state index contributed by atoms with van der Waals surface area (Å²) in [5.41, 5.74) is 2.55. The second kappa shape index (κ2) is 5.95. The Morgan fingerprint density at radius 2 is 2.20 bits per heavy atom. The molecule has 110 valence electrons. The summed E-state index contributed by atoms with van der Waals surface area (Å²) in [7, 11) is 0. The molecule has 2 aliphatic rings. The monoisotopic (exact) mass is 294 g/mol. The predicted octanol–water partition coefficient (Wildman–Crippen LogP) is 4.50. The lowest BCUT2D eigenvalue weighted by atomic mass is 9.78. The van der Waals surface area contributed by atoms with Crippen LogP contribution in [0.25, 0.3) is 0 Å². The highest BCUT2D eigenvalue weighted by Crippen LogP contribution is 2.40. The van der Waals surface area contributed by atoms with Crippen molar-refractivity contribution in [2.45, 2.75) is 57.1 Å². The van der Waals surface area contributed by atoms with Crippen molar-refractivity contribution in [1.82, 2.24) is 0 Å². The molecule has 0 N–H and O–H groups in total. The second-order valence-corrected chi connectivity index (χ2v) is 6.64. The van der Waals surface area contributed by atoms with Gasteiger partial charge < -0.3 is 9.47 Å². The van der Waals surface area contributed by atoms with Gasteiger partial charge in [-0.15, -0.1) is 11.6 Å². The van der Waals surface area contributed by atoms with Gasteiger partial charge in [0, 0.05) is 13.0 Å². The Labute approximate surface area is 126 Å². The highest BCUT2D eigenvalue weighted by atomic mass is 35.5. The third-order valence-electron chi connectivity index (χ3n) is 4.42. The molecule has 0 amide bonds. The summed E-state index contributed by atoms with van der Waals surface area (Å²) in [6.45, 7) is 5.00. The van der Waals surface area contributed by atoms with Gasteiger partial charge in [-0.1, -0.05) is 12.1 Å². The van der Waals surface area contributed by atoms with E-state index in [2.05, 4.69) is 32.0 Å². The third-order valence-corrected chi connectivity index (χ3v) is 4.85.